The minimum absolute atomic E-state index is 0.0930. The topological polar surface area (TPSA) is 68.1 Å². The van der Waals surface area contributed by atoms with Crippen LogP contribution < -0.4 is 4.74 Å². The molecule has 0 amide bonds. The smallest absolute Gasteiger partial charge is 0.167 e. The van der Waals surface area contributed by atoms with Crippen LogP contribution in [0.4, 0.5) is 0 Å². The van der Waals surface area contributed by atoms with Gasteiger partial charge in [0.25, 0.3) is 0 Å². The summed E-state index contributed by atoms with van der Waals surface area (Å²) in [6, 6.07) is 17.9. The SMILES string of the molecule is CCCCCCCCOc1ccc(-c2nc(-c3cc(C)ccc3C)nc(-c3cc(C)ccc3C)n2)c(O)c1. The standard InChI is InChI=1S/C33H39N3O2/c1-6-7-8-9-10-11-18-38-26-16-17-27(30(37)21-26)31-34-32(28-19-22(2)12-14-24(28)4)36-33(35-31)29-20-23(3)13-15-25(29)5/h12-17,19-21,37H,6-11,18H2,1-5H3. The molecule has 0 radical (unpaired) electrons. The number of aromatic hydroxyl groups is 1. The van der Waals surface area contributed by atoms with E-state index in [0.29, 0.717) is 35.4 Å². The van der Waals surface area contributed by atoms with Crippen molar-refractivity contribution in [3.63, 3.8) is 0 Å². The third-order valence-corrected chi connectivity index (χ3v) is 6.88. The van der Waals surface area contributed by atoms with Crippen molar-refractivity contribution >= 4 is 0 Å². The number of benzene rings is 3. The third-order valence-electron chi connectivity index (χ3n) is 6.88. The molecule has 0 aliphatic carbocycles. The van der Waals surface area contributed by atoms with Crippen molar-refractivity contribution < 1.29 is 9.84 Å². The predicted molar refractivity (Wildman–Crippen MR) is 156 cm³/mol. The number of nitrogens with zero attached hydrogens (tertiary/aromatic N) is 3. The summed E-state index contributed by atoms with van der Waals surface area (Å²) < 4.78 is 5.91. The number of phenols is 1. The molecule has 0 aliphatic heterocycles. The molecule has 3 aromatic carbocycles. The Morgan fingerprint density at radius 2 is 1.13 bits per heavy atom. The van der Waals surface area contributed by atoms with Gasteiger partial charge >= 0.3 is 0 Å². The summed E-state index contributed by atoms with van der Waals surface area (Å²) in [5.41, 5.74) is 6.91. The summed E-state index contributed by atoms with van der Waals surface area (Å²) in [4.78, 5) is 14.6. The predicted octanol–water partition coefficient (Wildman–Crippen LogP) is 8.55. The zero-order chi connectivity index (χ0) is 27.1. The van der Waals surface area contributed by atoms with E-state index in [0.717, 1.165) is 46.2 Å². The second kappa shape index (κ2) is 12.7. The number of rotatable bonds is 11. The molecule has 0 bridgehead atoms. The van der Waals surface area contributed by atoms with Gasteiger partial charge in [-0.3, -0.25) is 0 Å². The lowest BCUT2D eigenvalue weighted by Crippen LogP contribution is -2.03. The van der Waals surface area contributed by atoms with Crippen molar-refractivity contribution in [2.75, 3.05) is 6.61 Å². The molecule has 1 heterocycles. The molecule has 1 N–H and O–H groups in total. The summed E-state index contributed by atoms with van der Waals surface area (Å²) in [5, 5.41) is 11.0. The van der Waals surface area contributed by atoms with E-state index < -0.39 is 0 Å². The first-order chi connectivity index (χ1) is 18.4. The third kappa shape index (κ3) is 6.77. The van der Waals surface area contributed by atoms with Gasteiger partial charge in [-0.25, -0.2) is 15.0 Å². The van der Waals surface area contributed by atoms with Gasteiger partial charge in [-0.15, -0.1) is 0 Å². The van der Waals surface area contributed by atoms with E-state index in [-0.39, 0.29) is 5.75 Å². The molecule has 0 spiro atoms. The molecule has 0 atom stereocenters. The molecule has 1 aromatic heterocycles. The van der Waals surface area contributed by atoms with E-state index in [1.54, 1.807) is 6.07 Å². The lowest BCUT2D eigenvalue weighted by Gasteiger charge is -2.13. The molecule has 0 aliphatic rings. The van der Waals surface area contributed by atoms with Crippen molar-refractivity contribution in [3.05, 3.63) is 76.9 Å². The van der Waals surface area contributed by atoms with Gasteiger partial charge in [0.1, 0.15) is 11.5 Å². The van der Waals surface area contributed by atoms with E-state index in [4.69, 9.17) is 19.7 Å². The Bertz CT molecular complexity index is 1330. The van der Waals surface area contributed by atoms with Crippen LogP contribution in [0.1, 0.15) is 67.7 Å². The Labute approximate surface area is 227 Å². The van der Waals surface area contributed by atoms with Gasteiger partial charge in [0, 0.05) is 17.2 Å². The maximum Gasteiger partial charge on any atom is 0.167 e. The number of phenolic OH excluding ortho intramolecular Hbond substituents is 1. The fourth-order valence-electron chi connectivity index (χ4n) is 4.55. The molecule has 0 unspecified atom stereocenters. The zero-order valence-corrected chi connectivity index (χ0v) is 23.3. The molecule has 0 saturated carbocycles. The highest BCUT2D eigenvalue weighted by atomic mass is 16.5. The minimum Gasteiger partial charge on any atom is -0.507 e. The molecule has 0 fully saturated rings. The molecule has 38 heavy (non-hydrogen) atoms. The number of hydrogen-bond donors (Lipinski definition) is 1. The van der Waals surface area contributed by atoms with Crippen LogP contribution in [0.15, 0.2) is 54.6 Å². The van der Waals surface area contributed by atoms with Gasteiger partial charge < -0.3 is 9.84 Å². The van der Waals surface area contributed by atoms with Crippen LogP contribution in [0.3, 0.4) is 0 Å². The van der Waals surface area contributed by atoms with Gasteiger partial charge in [-0.05, 0) is 69.5 Å². The van der Waals surface area contributed by atoms with Crippen molar-refractivity contribution in [3.8, 4) is 45.7 Å². The van der Waals surface area contributed by atoms with Crippen LogP contribution in [0.2, 0.25) is 0 Å². The van der Waals surface area contributed by atoms with E-state index in [1.807, 2.05) is 12.1 Å². The lowest BCUT2D eigenvalue weighted by atomic mass is 10.0. The lowest BCUT2D eigenvalue weighted by molar-refractivity contribution is 0.303. The average molecular weight is 510 g/mol. The Morgan fingerprint density at radius 3 is 1.68 bits per heavy atom. The number of unbranched alkanes of at least 4 members (excludes halogenated alkanes) is 5. The van der Waals surface area contributed by atoms with E-state index in [1.165, 1.54) is 25.7 Å². The second-order valence-electron chi connectivity index (χ2n) is 10.2. The van der Waals surface area contributed by atoms with Crippen LogP contribution in [0.5, 0.6) is 11.5 Å². The fraction of sp³-hybridized carbons (Fsp3) is 0.364. The molecular weight excluding hydrogens is 470 g/mol. The largest absolute Gasteiger partial charge is 0.507 e. The highest BCUT2D eigenvalue weighted by Gasteiger charge is 2.17. The van der Waals surface area contributed by atoms with Crippen molar-refractivity contribution in [2.45, 2.75) is 73.1 Å². The molecule has 4 rings (SSSR count). The van der Waals surface area contributed by atoms with Crippen molar-refractivity contribution in [2.24, 2.45) is 0 Å². The van der Waals surface area contributed by atoms with Gasteiger partial charge in [0.15, 0.2) is 17.5 Å². The first-order valence-electron chi connectivity index (χ1n) is 13.7. The molecule has 0 saturated heterocycles. The van der Waals surface area contributed by atoms with E-state index in [9.17, 15) is 5.11 Å². The van der Waals surface area contributed by atoms with E-state index >= 15 is 0 Å². The van der Waals surface area contributed by atoms with Crippen LogP contribution in [0.25, 0.3) is 34.2 Å². The van der Waals surface area contributed by atoms with Crippen molar-refractivity contribution in [1.82, 2.24) is 15.0 Å². The number of aromatic nitrogens is 3. The number of hydrogen-bond acceptors (Lipinski definition) is 5. The Hall–Kier alpha value is -3.73. The highest BCUT2D eigenvalue weighted by Crippen LogP contribution is 2.34. The summed E-state index contributed by atoms with van der Waals surface area (Å²) in [6.45, 7) is 11.1. The Morgan fingerprint density at radius 1 is 0.605 bits per heavy atom. The first kappa shape index (κ1) is 27.3. The minimum atomic E-state index is 0.0930. The summed E-state index contributed by atoms with van der Waals surface area (Å²) in [6.07, 6.45) is 7.25. The summed E-state index contributed by atoms with van der Waals surface area (Å²) in [7, 11) is 0. The molecule has 4 aromatic rings. The fourth-order valence-corrected chi connectivity index (χ4v) is 4.55. The van der Waals surface area contributed by atoms with Crippen LogP contribution >= 0.6 is 0 Å². The van der Waals surface area contributed by atoms with Gasteiger partial charge in [-0.1, -0.05) is 74.4 Å². The summed E-state index contributed by atoms with van der Waals surface area (Å²) >= 11 is 0. The normalized spacial score (nSPS) is 11.1. The van der Waals surface area contributed by atoms with E-state index in [2.05, 4.69) is 71.0 Å². The van der Waals surface area contributed by atoms with Gasteiger partial charge in [0.2, 0.25) is 0 Å². The van der Waals surface area contributed by atoms with Gasteiger partial charge in [0.05, 0.1) is 12.2 Å². The second-order valence-corrected chi connectivity index (χ2v) is 10.2. The monoisotopic (exact) mass is 509 g/mol. The highest BCUT2D eigenvalue weighted by molar-refractivity contribution is 5.72. The first-order valence-corrected chi connectivity index (χ1v) is 13.7. The van der Waals surface area contributed by atoms with Crippen LogP contribution in [0, 0.1) is 27.7 Å². The number of aryl methyl sites for hydroxylation is 4. The molecule has 5 heteroatoms. The van der Waals surface area contributed by atoms with Crippen LogP contribution in [-0.2, 0) is 0 Å². The summed E-state index contributed by atoms with van der Waals surface area (Å²) in [5.74, 6) is 2.37. The zero-order valence-electron chi connectivity index (χ0n) is 23.3. The Kier molecular flexibility index (Phi) is 9.11. The van der Waals surface area contributed by atoms with Crippen LogP contribution in [-0.4, -0.2) is 26.7 Å². The quantitative estimate of drug-likeness (QED) is 0.205. The molecule has 5 nitrogen and oxygen atoms in total. The number of ether oxygens (including phenoxy) is 1. The Balaban J connectivity index is 1.67. The maximum absolute atomic E-state index is 11.0. The maximum atomic E-state index is 11.0. The van der Waals surface area contributed by atoms with Gasteiger partial charge in [-0.2, -0.15) is 0 Å². The average Bonchev–Trinajstić information content (AvgIpc) is 2.90. The molecule has 198 valence electrons. The van der Waals surface area contributed by atoms with Crippen molar-refractivity contribution in [1.29, 1.82) is 0 Å². The molecular formula is C33H39N3O2.